The van der Waals surface area contributed by atoms with Gasteiger partial charge in [0.1, 0.15) is 5.82 Å². The molecule has 1 heterocycles. The van der Waals surface area contributed by atoms with Crippen molar-refractivity contribution in [3.8, 4) is 11.5 Å². The quantitative estimate of drug-likeness (QED) is 0.844. The van der Waals surface area contributed by atoms with E-state index >= 15 is 0 Å². The SMILES string of the molecule is COc1ccc(CC(=O)c2cccnc2N)cc1OC. The van der Waals surface area contributed by atoms with Gasteiger partial charge in [-0.05, 0) is 29.8 Å². The molecule has 0 amide bonds. The number of aromatic nitrogens is 1. The predicted molar refractivity (Wildman–Crippen MR) is 76.2 cm³/mol. The Bertz CT molecular complexity index is 626. The number of ketones is 1. The van der Waals surface area contributed by atoms with Crippen LogP contribution < -0.4 is 15.2 Å². The second-order valence-corrected chi connectivity index (χ2v) is 4.23. The second-order valence-electron chi connectivity index (χ2n) is 4.23. The van der Waals surface area contributed by atoms with Crippen molar-refractivity contribution in [3.63, 3.8) is 0 Å². The summed E-state index contributed by atoms with van der Waals surface area (Å²) in [6.07, 6.45) is 1.79. The van der Waals surface area contributed by atoms with Gasteiger partial charge in [0.15, 0.2) is 17.3 Å². The zero-order valence-corrected chi connectivity index (χ0v) is 11.4. The lowest BCUT2D eigenvalue weighted by molar-refractivity contribution is 0.0993. The molecule has 0 unspecified atom stereocenters. The molecular weight excluding hydrogens is 256 g/mol. The molecule has 0 aliphatic carbocycles. The summed E-state index contributed by atoms with van der Waals surface area (Å²) in [5.41, 5.74) is 6.96. The van der Waals surface area contributed by atoms with Crippen LogP contribution in [0.1, 0.15) is 15.9 Å². The first-order valence-electron chi connectivity index (χ1n) is 6.10. The summed E-state index contributed by atoms with van der Waals surface area (Å²) >= 11 is 0. The molecule has 2 rings (SSSR count). The lowest BCUT2D eigenvalue weighted by Gasteiger charge is -2.09. The van der Waals surface area contributed by atoms with Crippen LogP contribution in [0.5, 0.6) is 11.5 Å². The van der Waals surface area contributed by atoms with Crippen molar-refractivity contribution >= 4 is 11.6 Å². The van der Waals surface area contributed by atoms with E-state index in [2.05, 4.69) is 4.98 Å². The number of hydrogen-bond acceptors (Lipinski definition) is 5. The third-order valence-electron chi connectivity index (χ3n) is 2.95. The van der Waals surface area contributed by atoms with Crippen LogP contribution in [0.2, 0.25) is 0 Å². The minimum Gasteiger partial charge on any atom is -0.493 e. The molecule has 0 radical (unpaired) electrons. The zero-order valence-electron chi connectivity index (χ0n) is 11.4. The number of hydrogen-bond donors (Lipinski definition) is 1. The molecular formula is C15H16N2O3. The van der Waals surface area contributed by atoms with E-state index in [0.717, 1.165) is 5.56 Å². The number of nitrogen functional groups attached to an aromatic ring is 1. The van der Waals surface area contributed by atoms with Crippen molar-refractivity contribution in [2.75, 3.05) is 20.0 Å². The molecule has 2 N–H and O–H groups in total. The van der Waals surface area contributed by atoms with Gasteiger partial charge in [0.25, 0.3) is 0 Å². The topological polar surface area (TPSA) is 74.4 Å². The van der Waals surface area contributed by atoms with Gasteiger partial charge in [-0.25, -0.2) is 4.98 Å². The van der Waals surface area contributed by atoms with Crippen LogP contribution >= 0.6 is 0 Å². The van der Waals surface area contributed by atoms with Crippen LogP contribution in [0.4, 0.5) is 5.82 Å². The Kier molecular flexibility index (Phi) is 4.20. The van der Waals surface area contributed by atoms with Crippen molar-refractivity contribution in [2.24, 2.45) is 0 Å². The summed E-state index contributed by atoms with van der Waals surface area (Å²) in [6, 6.07) is 8.74. The van der Waals surface area contributed by atoms with Crippen molar-refractivity contribution in [1.82, 2.24) is 4.98 Å². The van der Waals surface area contributed by atoms with E-state index in [0.29, 0.717) is 17.1 Å². The molecule has 20 heavy (non-hydrogen) atoms. The van der Waals surface area contributed by atoms with Crippen molar-refractivity contribution < 1.29 is 14.3 Å². The smallest absolute Gasteiger partial charge is 0.170 e. The number of nitrogens with two attached hydrogens (primary N) is 1. The van der Waals surface area contributed by atoms with Crippen molar-refractivity contribution in [3.05, 3.63) is 47.7 Å². The Hall–Kier alpha value is -2.56. The summed E-state index contributed by atoms with van der Waals surface area (Å²) in [4.78, 5) is 16.1. The minimum atomic E-state index is -0.0807. The molecule has 2 aromatic rings. The fourth-order valence-corrected chi connectivity index (χ4v) is 1.92. The minimum absolute atomic E-state index is 0.0807. The Morgan fingerprint density at radius 1 is 1.20 bits per heavy atom. The number of carbonyl (C=O) groups excluding carboxylic acids is 1. The molecule has 0 fully saturated rings. The molecule has 1 aromatic heterocycles. The average molecular weight is 272 g/mol. The average Bonchev–Trinajstić information content (AvgIpc) is 2.47. The van der Waals surface area contributed by atoms with Gasteiger partial charge in [-0.1, -0.05) is 6.07 Å². The monoisotopic (exact) mass is 272 g/mol. The molecule has 104 valence electrons. The molecule has 0 saturated heterocycles. The van der Waals surface area contributed by atoms with Crippen molar-refractivity contribution in [1.29, 1.82) is 0 Å². The molecule has 5 heteroatoms. The van der Waals surface area contributed by atoms with Crippen LogP contribution in [-0.4, -0.2) is 25.0 Å². The Balaban J connectivity index is 2.22. The van der Waals surface area contributed by atoms with Crippen LogP contribution in [0.25, 0.3) is 0 Å². The highest BCUT2D eigenvalue weighted by atomic mass is 16.5. The number of rotatable bonds is 5. The zero-order chi connectivity index (χ0) is 14.5. The fraction of sp³-hybridized carbons (Fsp3) is 0.200. The number of Topliss-reactive ketones (excluding diaryl/α,β-unsaturated/α-hetero) is 1. The second kappa shape index (κ2) is 6.06. The Morgan fingerprint density at radius 2 is 1.95 bits per heavy atom. The molecule has 1 aromatic carbocycles. The van der Waals surface area contributed by atoms with Crippen LogP contribution in [0.15, 0.2) is 36.5 Å². The summed E-state index contributed by atoms with van der Waals surface area (Å²) in [7, 11) is 3.13. The standard InChI is InChI=1S/C15H16N2O3/c1-19-13-6-5-10(9-14(13)20-2)8-12(18)11-4-3-7-17-15(11)16/h3-7,9H,8H2,1-2H3,(H2,16,17). The van der Waals surface area contributed by atoms with Gasteiger partial charge in [0, 0.05) is 12.6 Å². The molecule has 0 bridgehead atoms. The number of anilines is 1. The first kappa shape index (κ1) is 13.9. The van der Waals surface area contributed by atoms with Gasteiger partial charge in [-0.15, -0.1) is 0 Å². The normalized spacial score (nSPS) is 10.1. The summed E-state index contributed by atoms with van der Waals surface area (Å²) < 4.78 is 10.4. The highest BCUT2D eigenvalue weighted by molar-refractivity contribution is 6.01. The molecule has 0 spiro atoms. The maximum absolute atomic E-state index is 12.2. The molecule has 0 saturated carbocycles. The van der Waals surface area contributed by atoms with Gasteiger partial charge in [0.2, 0.25) is 0 Å². The van der Waals surface area contributed by atoms with E-state index in [1.165, 1.54) is 0 Å². The number of nitrogens with zero attached hydrogens (tertiary/aromatic N) is 1. The van der Waals surface area contributed by atoms with Gasteiger partial charge in [-0.2, -0.15) is 0 Å². The molecule has 0 aliphatic rings. The fourth-order valence-electron chi connectivity index (χ4n) is 1.92. The Morgan fingerprint density at radius 3 is 2.60 bits per heavy atom. The number of benzene rings is 1. The van der Waals surface area contributed by atoms with Crippen molar-refractivity contribution in [2.45, 2.75) is 6.42 Å². The first-order chi connectivity index (χ1) is 9.65. The van der Waals surface area contributed by atoms with Gasteiger partial charge in [-0.3, -0.25) is 4.79 Å². The maximum atomic E-state index is 12.2. The van der Waals surface area contributed by atoms with Gasteiger partial charge in [0.05, 0.1) is 19.8 Å². The van der Waals surface area contributed by atoms with Crippen LogP contribution in [0.3, 0.4) is 0 Å². The largest absolute Gasteiger partial charge is 0.493 e. The first-order valence-corrected chi connectivity index (χ1v) is 6.10. The number of ether oxygens (including phenoxy) is 2. The highest BCUT2D eigenvalue weighted by Gasteiger charge is 2.12. The van der Waals surface area contributed by atoms with E-state index in [1.54, 1.807) is 44.7 Å². The van der Waals surface area contributed by atoms with E-state index in [1.807, 2.05) is 6.07 Å². The van der Waals surface area contributed by atoms with E-state index < -0.39 is 0 Å². The summed E-state index contributed by atoms with van der Waals surface area (Å²) in [5.74, 6) is 1.39. The Labute approximate surface area is 117 Å². The maximum Gasteiger partial charge on any atom is 0.170 e. The summed E-state index contributed by atoms with van der Waals surface area (Å²) in [5, 5.41) is 0. The molecule has 0 atom stereocenters. The third kappa shape index (κ3) is 2.88. The van der Waals surface area contributed by atoms with E-state index in [9.17, 15) is 4.79 Å². The highest BCUT2D eigenvalue weighted by Crippen LogP contribution is 2.28. The van der Waals surface area contributed by atoms with E-state index in [4.69, 9.17) is 15.2 Å². The third-order valence-corrected chi connectivity index (χ3v) is 2.95. The lowest BCUT2D eigenvalue weighted by Crippen LogP contribution is -2.08. The number of carbonyl (C=O) groups is 1. The lowest BCUT2D eigenvalue weighted by atomic mass is 10.0. The van der Waals surface area contributed by atoms with Gasteiger partial charge < -0.3 is 15.2 Å². The number of pyridine rings is 1. The van der Waals surface area contributed by atoms with Crippen LogP contribution in [-0.2, 0) is 6.42 Å². The van der Waals surface area contributed by atoms with Crippen LogP contribution in [0, 0.1) is 0 Å². The van der Waals surface area contributed by atoms with E-state index in [-0.39, 0.29) is 18.0 Å². The molecule has 0 aliphatic heterocycles. The number of methoxy groups -OCH3 is 2. The predicted octanol–water partition coefficient (Wildman–Crippen LogP) is 2.11. The summed E-state index contributed by atoms with van der Waals surface area (Å²) in [6.45, 7) is 0. The van der Waals surface area contributed by atoms with Gasteiger partial charge >= 0.3 is 0 Å². The molecule has 5 nitrogen and oxygen atoms in total.